The summed E-state index contributed by atoms with van der Waals surface area (Å²) in [5, 5.41) is 7.49. The Bertz CT molecular complexity index is 558. The second-order valence-electron chi connectivity index (χ2n) is 5.61. The molecule has 0 aliphatic carbocycles. The SMILES string of the molecule is Cc1cccc(-c2noc(CCC3CCNCC3)n2)c1. The molecule has 2 heterocycles. The predicted octanol–water partition coefficient (Wildman–Crippen LogP) is 2.98. The molecule has 0 unspecified atom stereocenters. The van der Waals surface area contributed by atoms with Crippen LogP contribution in [0.2, 0.25) is 0 Å². The highest BCUT2D eigenvalue weighted by molar-refractivity contribution is 5.55. The zero-order valence-electron chi connectivity index (χ0n) is 11.9. The van der Waals surface area contributed by atoms with Crippen molar-refractivity contribution < 1.29 is 4.52 Å². The van der Waals surface area contributed by atoms with Crippen LogP contribution in [0.3, 0.4) is 0 Å². The molecule has 1 N–H and O–H groups in total. The molecular formula is C16H21N3O. The molecule has 0 bridgehead atoms. The number of benzene rings is 1. The summed E-state index contributed by atoms with van der Waals surface area (Å²) >= 11 is 0. The maximum atomic E-state index is 5.37. The molecule has 0 saturated carbocycles. The van der Waals surface area contributed by atoms with Crippen molar-refractivity contribution >= 4 is 0 Å². The van der Waals surface area contributed by atoms with E-state index >= 15 is 0 Å². The van der Waals surface area contributed by atoms with Crippen LogP contribution < -0.4 is 5.32 Å². The van der Waals surface area contributed by atoms with Crippen molar-refractivity contribution in [1.82, 2.24) is 15.5 Å². The van der Waals surface area contributed by atoms with Gasteiger partial charge in [0, 0.05) is 12.0 Å². The van der Waals surface area contributed by atoms with E-state index in [0.29, 0.717) is 5.82 Å². The number of rotatable bonds is 4. The fraction of sp³-hybridized carbons (Fsp3) is 0.500. The Kier molecular flexibility index (Phi) is 4.11. The van der Waals surface area contributed by atoms with Crippen molar-refractivity contribution in [2.45, 2.75) is 32.6 Å². The molecule has 0 spiro atoms. The Hall–Kier alpha value is -1.68. The first-order valence-corrected chi connectivity index (χ1v) is 7.41. The molecule has 20 heavy (non-hydrogen) atoms. The normalized spacial score (nSPS) is 16.4. The number of nitrogens with one attached hydrogen (secondary N) is 1. The third-order valence-corrected chi connectivity index (χ3v) is 3.97. The van der Waals surface area contributed by atoms with Gasteiger partial charge in [0.2, 0.25) is 11.7 Å². The van der Waals surface area contributed by atoms with E-state index in [1.165, 1.54) is 18.4 Å². The Balaban J connectivity index is 1.61. The standard InChI is InChI=1S/C16H21N3O/c1-12-3-2-4-14(11-12)16-18-15(20-19-16)6-5-13-7-9-17-10-8-13/h2-4,11,13,17H,5-10H2,1H3. The summed E-state index contributed by atoms with van der Waals surface area (Å²) in [4.78, 5) is 4.51. The third kappa shape index (κ3) is 3.25. The van der Waals surface area contributed by atoms with Crippen molar-refractivity contribution in [2.24, 2.45) is 5.92 Å². The van der Waals surface area contributed by atoms with Gasteiger partial charge in [0.1, 0.15) is 0 Å². The van der Waals surface area contributed by atoms with Gasteiger partial charge in [-0.05, 0) is 51.3 Å². The molecule has 2 aromatic rings. The molecule has 0 radical (unpaired) electrons. The molecule has 4 nitrogen and oxygen atoms in total. The fourth-order valence-electron chi connectivity index (χ4n) is 2.76. The number of piperidine rings is 1. The van der Waals surface area contributed by atoms with E-state index in [4.69, 9.17) is 4.52 Å². The van der Waals surface area contributed by atoms with Gasteiger partial charge in [-0.15, -0.1) is 0 Å². The number of nitrogens with zero attached hydrogens (tertiary/aromatic N) is 2. The van der Waals surface area contributed by atoms with Crippen LogP contribution in [0.1, 0.15) is 30.7 Å². The monoisotopic (exact) mass is 271 g/mol. The Morgan fingerprint density at radius 3 is 2.95 bits per heavy atom. The van der Waals surface area contributed by atoms with Gasteiger partial charge in [-0.2, -0.15) is 4.98 Å². The molecule has 0 amide bonds. The van der Waals surface area contributed by atoms with Crippen LogP contribution in [0.25, 0.3) is 11.4 Å². The quantitative estimate of drug-likeness (QED) is 0.928. The molecule has 1 aliphatic rings. The first kappa shape index (κ1) is 13.3. The summed E-state index contributed by atoms with van der Waals surface area (Å²) in [6.07, 6.45) is 4.57. The van der Waals surface area contributed by atoms with Crippen LogP contribution in [-0.2, 0) is 6.42 Å². The van der Waals surface area contributed by atoms with Crippen LogP contribution in [-0.4, -0.2) is 23.2 Å². The van der Waals surface area contributed by atoms with Crippen molar-refractivity contribution in [3.63, 3.8) is 0 Å². The topological polar surface area (TPSA) is 51.0 Å². The van der Waals surface area contributed by atoms with Crippen LogP contribution in [0.4, 0.5) is 0 Å². The molecular weight excluding hydrogens is 250 g/mol. The van der Waals surface area contributed by atoms with Gasteiger partial charge in [-0.3, -0.25) is 0 Å². The highest BCUT2D eigenvalue weighted by Gasteiger charge is 2.15. The zero-order chi connectivity index (χ0) is 13.8. The second kappa shape index (κ2) is 6.18. The minimum absolute atomic E-state index is 0.703. The highest BCUT2D eigenvalue weighted by Crippen LogP contribution is 2.20. The smallest absolute Gasteiger partial charge is 0.226 e. The molecule has 106 valence electrons. The third-order valence-electron chi connectivity index (χ3n) is 3.97. The van der Waals surface area contributed by atoms with Crippen molar-refractivity contribution in [2.75, 3.05) is 13.1 Å². The van der Waals surface area contributed by atoms with Gasteiger partial charge in [0.15, 0.2) is 0 Å². The van der Waals surface area contributed by atoms with Crippen molar-refractivity contribution in [1.29, 1.82) is 0 Å². The Labute approximate surface area is 119 Å². The molecule has 1 aromatic heterocycles. The largest absolute Gasteiger partial charge is 0.339 e. The molecule has 1 aromatic carbocycles. The summed E-state index contributed by atoms with van der Waals surface area (Å²) in [6.45, 7) is 4.35. The summed E-state index contributed by atoms with van der Waals surface area (Å²) in [5.74, 6) is 2.26. The van der Waals surface area contributed by atoms with Crippen LogP contribution >= 0.6 is 0 Å². The van der Waals surface area contributed by atoms with E-state index in [0.717, 1.165) is 43.3 Å². The van der Waals surface area contributed by atoms with Gasteiger partial charge >= 0.3 is 0 Å². The molecule has 3 rings (SSSR count). The molecule has 4 heteroatoms. The maximum Gasteiger partial charge on any atom is 0.226 e. The average molecular weight is 271 g/mol. The summed E-state index contributed by atoms with van der Waals surface area (Å²) < 4.78 is 5.37. The van der Waals surface area contributed by atoms with Crippen molar-refractivity contribution in [3.05, 3.63) is 35.7 Å². The Morgan fingerprint density at radius 2 is 2.15 bits per heavy atom. The fourth-order valence-corrected chi connectivity index (χ4v) is 2.76. The number of aryl methyl sites for hydroxylation is 2. The van der Waals surface area contributed by atoms with E-state index in [-0.39, 0.29) is 0 Å². The van der Waals surface area contributed by atoms with Gasteiger partial charge in [-0.1, -0.05) is 28.9 Å². The van der Waals surface area contributed by atoms with Crippen molar-refractivity contribution in [3.8, 4) is 11.4 Å². The zero-order valence-corrected chi connectivity index (χ0v) is 11.9. The first-order chi connectivity index (χ1) is 9.81. The van der Waals surface area contributed by atoms with Gasteiger partial charge in [0.05, 0.1) is 0 Å². The van der Waals surface area contributed by atoms with E-state index in [9.17, 15) is 0 Å². The van der Waals surface area contributed by atoms with Gasteiger partial charge in [-0.25, -0.2) is 0 Å². The van der Waals surface area contributed by atoms with E-state index in [2.05, 4.69) is 34.5 Å². The molecule has 1 saturated heterocycles. The number of hydrogen-bond donors (Lipinski definition) is 1. The van der Waals surface area contributed by atoms with Crippen LogP contribution in [0.5, 0.6) is 0 Å². The molecule has 1 fully saturated rings. The van der Waals surface area contributed by atoms with Crippen LogP contribution in [0.15, 0.2) is 28.8 Å². The maximum absolute atomic E-state index is 5.37. The highest BCUT2D eigenvalue weighted by atomic mass is 16.5. The minimum Gasteiger partial charge on any atom is -0.339 e. The first-order valence-electron chi connectivity index (χ1n) is 7.41. The summed E-state index contributed by atoms with van der Waals surface area (Å²) in [7, 11) is 0. The van der Waals surface area contributed by atoms with Crippen LogP contribution in [0, 0.1) is 12.8 Å². The molecule has 1 aliphatic heterocycles. The van der Waals surface area contributed by atoms with E-state index in [1.807, 2.05) is 12.1 Å². The average Bonchev–Trinajstić information content (AvgIpc) is 2.95. The summed E-state index contributed by atoms with van der Waals surface area (Å²) in [6, 6.07) is 8.20. The lowest BCUT2D eigenvalue weighted by atomic mass is 9.93. The predicted molar refractivity (Wildman–Crippen MR) is 78.4 cm³/mol. The number of aromatic nitrogens is 2. The van der Waals surface area contributed by atoms with E-state index in [1.54, 1.807) is 0 Å². The minimum atomic E-state index is 0.703. The second-order valence-corrected chi connectivity index (χ2v) is 5.61. The lowest BCUT2D eigenvalue weighted by molar-refractivity contribution is 0.324. The van der Waals surface area contributed by atoms with E-state index < -0.39 is 0 Å². The van der Waals surface area contributed by atoms with Gasteiger partial charge < -0.3 is 9.84 Å². The lowest BCUT2D eigenvalue weighted by Gasteiger charge is -2.21. The molecule has 0 atom stereocenters. The summed E-state index contributed by atoms with van der Waals surface area (Å²) in [5.41, 5.74) is 2.24. The lowest BCUT2D eigenvalue weighted by Crippen LogP contribution is -2.27. The number of hydrogen-bond acceptors (Lipinski definition) is 4. The Morgan fingerprint density at radius 1 is 1.30 bits per heavy atom. The van der Waals surface area contributed by atoms with Gasteiger partial charge in [0.25, 0.3) is 0 Å².